The van der Waals surface area contributed by atoms with Crippen LogP contribution < -0.4 is 0 Å². The van der Waals surface area contributed by atoms with Gasteiger partial charge < -0.3 is 14.7 Å². The van der Waals surface area contributed by atoms with Gasteiger partial charge in [0.15, 0.2) is 0 Å². The summed E-state index contributed by atoms with van der Waals surface area (Å²) < 4.78 is 18.7. The van der Waals surface area contributed by atoms with E-state index in [1.54, 1.807) is 30.2 Å². The zero-order valence-electron chi connectivity index (χ0n) is 16.0. The van der Waals surface area contributed by atoms with Crippen molar-refractivity contribution in [2.45, 2.75) is 25.9 Å². The minimum absolute atomic E-state index is 0.0826. The Kier molecular flexibility index (Phi) is 5.36. The van der Waals surface area contributed by atoms with Gasteiger partial charge in [-0.2, -0.15) is 0 Å². The fraction of sp³-hybridized carbons (Fsp3) is 0.409. The van der Waals surface area contributed by atoms with E-state index in [-0.39, 0.29) is 18.3 Å². The SMILES string of the molecule is COC[C@]1(O)CCN(C(=O)c2cccc(-c3cccc(F)c3)c2)CC1(C)C. The van der Waals surface area contributed by atoms with Gasteiger partial charge in [0.2, 0.25) is 0 Å². The smallest absolute Gasteiger partial charge is 0.253 e. The molecule has 0 bridgehead atoms. The second kappa shape index (κ2) is 7.41. The average molecular weight is 371 g/mol. The lowest BCUT2D eigenvalue weighted by molar-refractivity contribution is -0.144. The quantitative estimate of drug-likeness (QED) is 0.891. The number of methoxy groups -OCH3 is 1. The molecule has 1 heterocycles. The van der Waals surface area contributed by atoms with E-state index in [1.807, 2.05) is 32.0 Å². The fourth-order valence-electron chi connectivity index (χ4n) is 3.72. The van der Waals surface area contributed by atoms with E-state index in [9.17, 15) is 14.3 Å². The van der Waals surface area contributed by atoms with Gasteiger partial charge in [-0.15, -0.1) is 0 Å². The number of hydrogen-bond acceptors (Lipinski definition) is 3. The first-order valence-corrected chi connectivity index (χ1v) is 9.12. The molecule has 1 saturated heterocycles. The first kappa shape index (κ1) is 19.5. The summed E-state index contributed by atoms with van der Waals surface area (Å²) in [5, 5.41) is 10.9. The second-order valence-corrected chi connectivity index (χ2v) is 7.92. The van der Waals surface area contributed by atoms with Crippen molar-refractivity contribution in [3.05, 3.63) is 59.9 Å². The second-order valence-electron chi connectivity index (χ2n) is 7.92. The molecule has 0 unspecified atom stereocenters. The van der Waals surface area contributed by atoms with Gasteiger partial charge in [-0.25, -0.2) is 4.39 Å². The summed E-state index contributed by atoms with van der Waals surface area (Å²) in [4.78, 5) is 14.8. The molecule has 3 rings (SSSR count). The Balaban J connectivity index is 1.82. The van der Waals surface area contributed by atoms with Crippen molar-refractivity contribution >= 4 is 5.91 Å². The average Bonchev–Trinajstić information content (AvgIpc) is 2.64. The molecular weight excluding hydrogens is 345 g/mol. The van der Waals surface area contributed by atoms with Gasteiger partial charge in [0.1, 0.15) is 5.82 Å². The van der Waals surface area contributed by atoms with Gasteiger partial charge in [-0.05, 0) is 41.8 Å². The number of hydrogen-bond donors (Lipinski definition) is 1. The van der Waals surface area contributed by atoms with Gasteiger partial charge in [0, 0.05) is 31.2 Å². The van der Waals surface area contributed by atoms with Crippen LogP contribution in [0.1, 0.15) is 30.6 Å². The van der Waals surface area contributed by atoms with Crippen molar-refractivity contribution in [2.24, 2.45) is 5.41 Å². The molecule has 1 N–H and O–H groups in total. The molecule has 144 valence electrons. The van der Waals surface area contributed by atoms with Gasteiger partial charge in [-0.3, -0.25) is 4.79 Å². The zero-order valence-corrected chi connectivity index (χ0v) is 16.0. The lowest BCUT2D eigenvalue weighted by atomic mass is 9.70. The maximum Gasteiger partial charge on any atom is 0.253 e. The van der Waals surface area contributed by atoms with Crippen LogP contribution in [0.5, 0.6) is 0 Å². The molecule has 4 nitrogen and oxygen atoms in total. The van der Waals surface area contributed by atoms with Gasteiger partial charge in [0.25, 0.3) is 5.91 Å². The fourth-order valence-corrected chi connectivity index (χ4v) is 3.72. The molecule has 1 aliphatic heterocycles. The van der Waals surface area contributed by atoms with Gasteiger partial charge in [0.05, 0.1) is 12.2 Å². The highest BCUT2D eigenvalue weighted by Gasteiger charge is 2.48. The summed E-state index contributed by atoms with van der Waals surface area (Å²) in [5.74, 6) is -0.389. The van der Waals surface area contributed by atoms with E-state index >= 15 is 0 Å². The number of nitrogens with zero attached hydrogens (tertiary/aromatic N) is 1. The Labute approximate surface area is 159 Å². The Morgan fingerprint density at radius 1 is 1.19 bits per heavy atom. The molecule has 1 amide bonds. The predicted molar refractivity (Wildman–Crippen MR) is 103 cm³/mol. The summed E-state index contributed by atoms with van der Waals surface area (Å²) >= 11 is 0. The number of piperidine rings is 1. The topological polar surface area (TPSA) is 49.8 Å². The molecule has 5 heteroatoms. The molecule has 0 aromatic heterocycles. The monoisotopic (exact) mass is 371 g/mol. The molecule has 2 aromatic carbocycles. The third-order valence-electron chi connectivity index (χ3n) is 5.58. The summed E-state index contributed by atoms with van der Waals surface area (Å²) in [6, 6.07) is 13.6. The highest BCUT2D eigenvalue weighted by molar-refractivity contribution is 5.95. The van der Waals surface area contributed by atoms with Crippen molar-refractivity contribution in [3.63, 3.8) is 0 Å². The Bertz CT molecular complexity index is 836. The Morgan fingerprint density at radius 2 is 1.85 bits per heavy atom. The van der Waals surface area contributed by atoms with Crippen molar-refractivity contribution in [1.29, 1.82) is 0 Å². The Hall–Kier alpha value is -2.24. The summed E-state index contributed by atoms with van der Waals surface area (Å²) in [6.45, 7) is 5.06. The van der Waals surface area contributed by atoms with Crippen LogP contribution in [0.15, 0.2) is 48.5 Å². The van der Waals surface area contributed by atoms with Gasteiger partial charge >= 0.3 is 0 Å². The maximum atomic E-state index is 13.5. The van der Waals surface area contributed by atoms with Crippen molar-refractivity contribution < 1.29 is 19.0 Å². The largest absolute Gasteiger partial charge is 0.387 e. The number of carbonyl (C=O) groups excluding carboxylic acids is 1. The highest BCUT2D eigenvalue weighted by atomic mass is 19.1. The number of ether oxygens (including phenoxy) is 1. The number of benzene rings is 2. The van der Waals surface area contributed by atoms with Gasteiger partial charge in [-0.1, -0.05) is 38.1 Å². The summed E-state index contributed by atoms with van der Waals surface area (Å²) in [6.07, 6.45) is 0.461. The predicted octanol–water partition coefficient (Wildman–Crippen LogP) is 3.74. The number of amides is 1. The molecule has 0 saturated carbocycles. The van der Waals surface area contributed by atoms with E-state index < -0.39 is 11.0 Å². The molecule has 1 aliphatic rings. The normalized spacial score (nSPS) is 21.9. The van der Waals surface area contributed by atoms with Crippen LogP contribution in [0, 0.1) is 11.2 Å². The molecular formula is C22H26FNO3. The van der Waals surface area contributed by atoms with Crippen molar-refractivity contribution in [3.8, 4) is 11.1 Å². The zero-order chi connectivity index (χ0) is 19.7. The van der Waals surface area contributed by atoms with E-state index in [2.05, 4.69) is 0 Å². The van der Waals surface area contributed by atoms with Crippen molar-refractivity contribution in [2.75, 3.05) is 26.8 Å². The van der Waals surface area contributed by atoms with E-state index in [4.69, 9.17) is 4.74 Å². The third-order valence-corrected chi connectivity index (χ3v) is 5.58. The number of carbonyl (C=O) groups is 1. The standard InChI is InChI=1S/C22H26FNO3/c1-21(2)14-24(11-10-22(21,26)15-27-3)20(25)18-8-4-6-16(12-18)17-7-5-9-19(23)13-17/h4-9,12-13,26H,10-11,14-15H2,1-3H3/t22-/m1/s1. The summed E-state index contributed by atoms with van der Waals surface area (Å²) in [5.41, 5.74) is 0.648. The first-order valence-electron chi connectivity index (χ1n) is 9.12. The van der Waals surface area contributed by atoms with E-state index in [0.29, 0.717) is 25.1 Å². The lowest BCUT2D eigenvalue weighted by Crippen LogP contribution is -2.60. The van der Waals surface area contributed by atoms with E-state index in [0.717, 1.165) is 11.1 Å². The Morgan fingerprint density at radius 3 is 2.48 bits per heavy atom. The minimum atomic E-state index is -0.956. The summed E-state index contributed by atoms with van der Waals surface area (Å²) in [7, 11) is 1.57. The highest BCUT2D eigenvalue weighted by Crippen LogP contribution is 2.39. The molecule has 2 aromatic rings. The van der Waals surface area contributed by atoms with Crippen LogP contribution in [0.3, 0.4) is 0 Å². The van der Waals surface area contributed by atoms with Crippen LogP contribution in [0.4, 0.5) is 4.39 Å². The number of likely N-dealkylation sites (tertiary alicyclic amines) is 1. The number of halogens is 1. The molecule has 0 radical (unpaired) electrons. The number of aliphatic hydroxyl groups is 1. The maximum absolute atomic E-state index is 13.5. The first-order chi connectivity index (χ1) is 12.8. The molecule has 0 aliphatic carbocycles. The van der Waals surface area contributed by atoms with Crippen LogP contribution >= 0.6 is 0 Å². The van der Waals surface area contributed by atoms with Crippen LogP contribution in [0.2, 0.25) is 0 Å². The molecule has 27 heavy (non-hydrogen) atoms. The molecule has 0 spiro atoms. The molecule has 1 atom stereocenters. The lowest BCUT2D eigenvalue weighted by Gasteiger charge is -2.50. The minimum Gasteiger partial charge on any atom is -0.387 e. The third kappa shape index (κ3) is 3.89. The van der Waals surface area contributed by atoms with Crippen LogP contribution in [-0.4, -0.2) is 48.3 Å². The number of rotatable bonds is 4. The van der Waals surface area contributed by atoms with E-state index in [1.165, 1.54) is 12.1 Å². The molecule has 1 fully saturated rings. The van der Waals surface area contributed by atoms with Crippen LogP contribution in [0.25, 0.3) is 11.1 Å². The van der Waals surface area contributed by atoms with Crippen molar-refractivity contribution in [1.82, 2.24) is 4.90 Å². The van der Waals surface area contributed by atoms with Crippen LogP contribution in [-0.2, 0) is 4.74 Å².